The van der Waals surface area contributed by atoms with E-state index < -0.39 is 18.1 Å². The number of amides is 1. The van der Waals surface area contributed by atoms with Crippen LogP contribution < -0.4 is 0 Å². The Hall–Kier alpha value is -2.82. The number of carbonyl (C=O) groups excluding carboxylic acids is 2. The zero-order valence-electron chi connectivity index (χ0n) is 14.3. The average molecular weight is 339 g/mol. The number of benzene rings is 2. The first kappa shape index (κ1) is 17.0. The van der Waals surface area contributed by atoms with Gasteiger partial charge in [-0.1, -0.05) is 48.0 Å². The predicted octanol–water partition coefficient (Wildman–Crippen LogP) is 3.11. The van der Waals surface area contributed by atoms with Crippen LogP contribution >= 0.6 is 0 Å². The Kier molecular flexibility index (Phi) is 4.74. The number of aromatic hydroxyl groups is 1. The molecule has 1 heterocycles. The highest BCUT2D eigenvalue weighted by atomic mass is 16.5. The van der Waals surface area contributed by atoms with E-state index in [1.807, 2.05) is 43.3 Å². The molecule has 2 aromatic carbocycles. The first-order valence-corrected chi connectivity index (χ1v) is 8.26. The maximum atomic E-state index is 12.6. The fraction of sp³-hybridized carbons (Fsp3) is 0.300. The van der Waals surface area contributed by atoms with Crippen molar-refractivity contribution in [2.24, 2.45) is 0 Å². The molecule has 1 aliphatic rings. The normalized spacial score (nSPS) is 19.9. The van der Waals surface area contributed by atoms with Crippen LogP contribution in [-0.4, -0.2) is 28.0 Å². The monoisotopic (exact) mass is 339 g/mol. The number of hydrogen-bond acceptors (Lipinski definition) is 4. The third-order valence-corrected chi connectivity index (χ3v) is 4.40. The van der Waals surface area contributed by atoms with Gasteiger partial charge in [0, 0.05) is 19.0 Å². The molecular formula is C20H21NO4. The second-order valence-electron chi connectivity index (χ2n) is 6.37. The number of hydrogen-bond donors (Lipinski definition) is 1. The Bertz CT molecular complexity index is 788. The molecule has 0 spiro atoms. The molecule has 0 aliphatic carbocycles. The number of rotatable bonds is 4. The van der Waals surface area contributed by atoms with E-state index in [1.165, 1.54) is 6.92 Å². The summed E-state index contributed by atoms with van der Waals surface area (Å²) in [6.45, 7) is 3.65. The highest BCUT2D eigenvalue weighted by molar-refractivity contribution is 5.81. The van der Waals surface area contributed by atoms with Crippen LogP contribution in [-0.2, 0) is 20.9 Å². The SMILES string of the molecule is CC(=O)O[C@H]1CC(=O)N(Cc2ccccc2)[C@H]1c1cc(C)ccc1O. The van der Waals surface area contributed by atoms with E-state index in [-0.39, 0.29) is 18.1 Å². The summed E-state index contributed by atoms with van der Waals surface area (Å²) in [6, 6.07) is 14.4. The molecule has 0 aromatic heterocycles. The number of phenolic OH excluding ortho intramolecular Hbond substituents is 1. The molecule has 0 bridgehead atoms. The smallest absolute Gasteiger partial charge is 0.303 e. The Balaban J connectivity index is 2.00. The number of carbonyl (C=O) groups is 2. The fourth-order valence-electron chi connectivity index (χ4n) is 3.32. The Morgan fingerprint density at radius 2 is 1.96 bits per heavy atom. The molecule has 1 amide bonds. The summed E-state index contributed by atoms with van der Waals surface area (Å²) < 4.78 is 5.40. The number of phenols is 1. The molecule has 130 valence electrons. The van der Waals surface area contributed by atoms with Crippen molar-refractivity contribution in [1.29, 1.82) is 0 Å². The maximum Gasteiger partial charge on any atom is 0.303 e. The van der Waals surface area contributed by atoms with Crippen LogP contribution in [0.4, 0.5) is 0 Å². The Labute approximate surface area is 146 Å². The quantitative estimate of drug-likeness (QED) is 0.869. The lowest BCUT2D eigenvalue weighted by Gasteiger charge is -2.29. The van der Waals surface area contributed by atoms with Crippen LogP contribution in [0.2, 0.25) is 0 Å². The summed E-state index contributed by atoms with van der Waals surface area (Å²) in [5.74, 6) is -0.432. The molecule has 25 heavy (non-hydrogen) atoms. The van der Waals surface area contributed by atoms with Gasteiger partial charge >= 0.3 is 5.97 Å². The summed E-state index contributed by atoms with van der Waals surface area (Å²) in [5, 5.41) is 10.3. The summed E-state index contributed by atoms with van der Waals surface area (Å²) in [6.07, 6.45) is -0.494. The minimum atomic E-state index is -0.610. The van der Waals surface area contributed by atoms with Crippen molar-refractivity contribution in [3.8, 4) is 5.75 Å². The summed E-state index contributed by atoms with van der Waals surface area (Å²) in [4.78, 5) is 25.8. The number of nitrogens with zero attached hydrogens (tertiary/aromatic N) is 1. The zero-order valence-corrected chi connectivity index (χ0v) is 14.3. The first-order chi connectivity index (χ1) is 12.0. The number of aryl methyl sites for hydroxylation is 1. The van der Waals surface area contributed by atoms with Crippen LogP contribution in [0.3, 0.4) is 0 Å². The minimum Gasteiger partial charge on any atom is -0.508 e. The van der Waals surface area contributed by atoms with Crippen LogP contribution in [0.25, 0.3) is 0 Å². The maximum absolute atomic E-state index is 12.6. The molecule has 1 N–H and O–H groups in total. The predicted molar refractivity (Wildman–Crippen MR) is 92.7 cm³/mol. The lowest BCUT2D eigenvalue weighted by atomic mass is 9.98. The average Bonchev–Trinajstić information content (AvgIpc) is 2.85. The molecule has 2 atom stereocenters. The van der Waals surface area contributed by atoms with Crippen molar-refractivity contribution in [1.82, 2.24) is 4.90 Å². The lowest BCUT2D eigenvalue weighted by Crippen LogP contribution is -2.31. The van der Waals surface area contributed by atoms with Gasteiger partial charge in [-0.3, -0.25) is 9.59 Å². The van der Waals surface area contributed by atoms with E-state index >= 15 is 0 Å². The van der Waals surface area contributed by atoms with E-state index in [2.05, 4.69) is 0 Å². The molecule has 1 aliphatic heterocycles. The van der Waals surface area contributed by atoms with Crippen molar-refractivity contribution in [3.63, 3.8) is 0 Å². The molecule has 3 rings (SSSR count). The van der Waals surface area contributed by atoms with E-state index in [0.717, 1.165) is 11.1 Å². The molecule has 2 aromatic rings. The Morgan fingerprint density at radius 1 is 1.24 bits per heavy atom. The third kappa shape index (κ3) is 3.65. The molecule has 1 saturated heterocycles. The minimum absolute atomic E-state index is 0.0963. The number of likely N-dealkylation sites (tertiary alicyclic amines) is 1. The second-order valence-corrected chi connectivity index (χ2v) is 6.37. The molecule has 5 nitrogen and oxygen atoms in total. The summed E-state index contributed by atoms with van der Waals surface area (Å²) in [7, 11) is 0. The number of ether oxygens (including phenoxy) is 1. The molecule has 1 fully saturated rings. The molecular weight excluding hydrogens is 318 g/mol. The highest BCUT2D eigenvalue weighted by Gasteiger charge is 2.43. The van der Waals surface area contributed by atoms with Gasteiger partial charge in [0.05, 0.1) is 12.5 Å². The highest BCUT2D eigenvalue weighted by Crippen LogP contribution is 2.40. The van der Waals surface area contributed by atoms with Crippen molar-refractivity contribution in [2.45, 2.75) is 39.0 Å². The van der Waals surface area contributed by atoms with E-state index in [1.54, 1.807) is 17.0 Å². The van der Waals surface area contributed by atoms with E-state index in [4.69, 9.17) is 4.74 Å². The van der Waals surface area contributed by atoms with Gasteiger partial charge in [-0.05, 0) is 18.6 Å². The van der Waals surface area contributed by atoms with Gasteiger partial charge < -0.3 is 14.7 Å². The third-order valence-electron chi connectivity index (χ3n) is 4.40. The van der Waals surface area contributed by atoms with Crippen molar-refractivity contribution < 1.29 is 19.4 Å². The molecule has 0 unspecified atom stereocenters. The largest absolute Gasteiger partial charge is 0.508 e. The van der Waals surface area contributed by atoms with E-state index in [9.17, 15) is 14.7 Å². The van der Waals surface area contributed by atoms with Gasteiger partial charge in [0.25, 0.3) is 0 Å². The van der Waals surface area contributed by atoms with Gasteiger partial charge in [0.1, 0.15) is 11.9 Å². The number of esters is 1. The second kappa shape index (κ2) is 6.97. The van der Waals surface area contributed by atoms with Crippen LogP contribution in [0.1, 0.15) is 36.1 Å². The van der Waals surface area contributed by atoms with Gasteiger partial charge in [-0.15, -0.1) is 0 Å². The van der Waals surface area contributed by atoms with Crippen molar-refractivity contribution in [3.05, 3.63) is 65.2 Å². The first-order valence-electron chi connectivity index (χ1n) is 8.26. The topological polar surface area (TPSA) is 66.8 Å². The zero-order chi connectivity index (χ0) is 18.0. The van der Waals surface area contributed by atoms with Crippen LogP contribution in [0.15, 0.2) is 48.5 Å². The van der Waals surface area contributed by atoms with Gasteiger partial charge in [0.15, 0.2) is 0 Å². The van der Waals surface area contributed by atoms with E-state index in [0.29, 0.717) is 12.1 Å². The Morgan fingerprint density at radius 3 is 2.64 bits per heavy atom. The summed E-state index contributed by atoms with van der Waals surface area (Å²) >= 11 is 0. The summed E-state index contributed by atoms with van der Waals surface area (Å²) in [5.41, 5.74) is 2.55. The fourth-order valence-corrected chi connectivity index (χ4v) is 3.32. The molecule has 0 saturated carbocycles. The van der Waals surface area contributed by atoms with Crippen LogP contribution in [0, 0.1) is 6.92 Å². The molecule has 0 radical (unpaired) electrons. The van der Waals surface area contributed by atoms with Gasteiger partial charge in [-0.2, -0.15) is 0 Å². The molecule has 5 heteroatoms. The standard InChI is InChI=1S/C20H21NO4/c1-13-8-9-17(23)16(10-13)20-18(25-14(2)22)11-19(24)21(20)12-15-6-4-3-5-7-15/h3-10,18,20,23H,11-12H2,1-2H3/t18-,20-/m0/s1. The lowest BCUT2D eigenvalue weighted by molar-refractivity contribution is -0.147. The van der Waals surface area contributed by atoms with Crippen molar-refractivity contribution >= 4 is 11.9 Å². The van der Waals surface area contributed by atoms with Gasteiger partial charge in [0.2, 0.25) is 5.91 Å². The van der Waals surface area contributed by atoms with Crippen molar-refractivity contribution in [2.75, 3.05) is 0 Å². The van der Waals surface area contributed by atoms with Gasteiger partial charge in [-0.25, -0.2) is 0 Å². The van der Waals surface area contributed by atoms with Crippen LogP contribution in [0.5, 0.6) is 5.75 Å².